The van der Waals surface area contributed by atoms with E-state index in [1.807, 2.05) is 36.4 Å². The number of piperazine rings is 1. The molecule has 1 saturated heterocycles. The number of nitrogens with one attached hydrogen (secondary N) is 3. The summed E-state index contributed by atoms with van der Waals surface area (Å²) in [6.07, 6.45) is 0. The Bertz CT molecular complexity index is 857. The highest BCUT2D eigenvalue weighted by atomic mass is 35.5. The van der Waals surface area contributed by atoms with Gasteiger partial charge in [0.05, 0.1) is 12.8 Å². The number of para-hydroxylation sites is 2. The van der Waals surface area contributed by atoms with E-state index in [4.69, 9.17) is 28.6 Å². The number of halogens is 1. The molecule has 30 heavy (non-hydrogen) atoms. The Morgan fingerprint density at radius 1 is 1.07 bits per heavy atom. The third kappa shape index (κ3) is 6.48. The lowest BCUT2D eigenvalue weighted by atomic mass is 10.3. The molecular weight excluding hydrogens is 422 g/mol. The number of carbonyl (C=O) groups is 1. The van der Waals surface area contributed by atoms with Crippen LogP contribution in [-0.2, 0) is 0 Å². The first-order valence-electron chi connectivity index (χ1n) is 9.77. The van der Waals surface area contributed by atoms with Gasteiger partial charge in [-0.2, -0.15) is 0 Å². The third-order valence-electron chi connectivity index (χ3n) is 4.82. The van der Waals surface area contributed by atoms with E-state index in [0.29, 0.717) is 28.1 Å². The number of methoxy groups -OCH3 is 1. The van der Waals surface area contributed by atoms with Crippen LogP contribution in [0.3, 0.4) is 0 Å². The summed E-state index contributed by atoms with van der Waals surface area (Å²) >= 11 is 11.4. The number of thiocarbonyl (C=S) groups is 1. The molecule has 0 spiro atoms. The molecule has 0 atom stereocenters. The maximum Gasteiger partial charge on any atom is 0.319 e. The topological polar surface area (TPSA) is 68.9 Å². The van der Waals surface area contributed by atoms with Gasteiger partial charge in [-0.1, -0.05) is 23.7 Å². The molecule has 7 nitrogen and oxygen atoms in total. The van der Waals surface area contributed by atoms with E-state index in [1.54, 1.807) is 19.2 Å². The molecule has 2 aromatic carbocycles. The lowest BCUT2D eigenvalue weighted by Gasteiger charge is -2.36. The van der Waals surface area contributed by atoms with Gasteiger partial charge in [-0.25, -0.2) is 4.79 Å². The van der Waals surface area contributed by atoms with Crippen molar-refractivity contribution in [3.8, 4) is 5.75 Å². The molecule has 2 aromatic rings. The summed E-state index contributed by atoms with van der Waals surface area (Å²) in [5, 5.41) is 10.4. The van der Waals surface area contributed by atoms with Crippen molar-refractivity contribution in [1.29, 1.82) is 0 Å². The number of hydrogen-bond acceptors (Lipinski definition) is 4. The molecule has 1 heterocycles. The van der Waals surface area contributed by atoms with Crippen LogP contribution in [0, 0.1) is 0 Å². The van der Waals surface area contributed by atoms with Crippen LogP contribution in [0.1, 0.15) is 0 Å². The van der Waals surface area contributed by atoms with Gasteiger partial charge in [-0.3, -0.25) is 4.90 Å². The van der Waals surface area contributed by atoms with Crippen molar-refractivity contribution in [3.63, 3.8) is 0 Å². The fraction of sp³-hybridized carbons (Fsp3) is 0.333. The summed E-state index contributed by atoms with van der Waals surface area (Å²) in [6, 6.07) is 14.6. The Morgan fingerprint density at radius 3 is 2.47 bits per heavy atom. The van der Waals surface area contributed by atoms with Crippen LogP contribution in [0.5, 0.6) is 5.75 Å². The van der Waals surface area contributed by atoms with Gasteiger partial charge < -0.3 is 25.6 Å². The van der Waals surface area contributed by atoms with Gasteiger partial charge in [0.2, 0.25) is 0 Å². The summed E-state index contributed by atoms with van der Waals surface area (Å²) in [6.45, 7) is 4.80. The van der Waals surface area contributed by atoms with Gasteiger partial charge in [0, 0.05) is 50.0 Å². The molecule has 3 rings (SSSR count). The first-order chi connectivity index (χ1) is 14.5. The van der Waals surface area contributed by atoms with Gasteiger partial charge in [-0.05, 0) is 48.6 Å². The fourth-order valence-electron chi connectivity index (χ4n) is 3.15. The Kier molecular flexibility index (Phi) is 8.12. The Hall–Kier alpha value is -2.55. The van der Waals surface area contributed by atoms with Gasteiger partial charge in [0.1, 0.15) is 5.75 Å². The second-order valence-electron chi connectivity index (χ2n) is 6.85. The second-order valence-corrected chi connectivity index (χ2v) is 7.67. The standard InChI is InChI=1S/C21H26ClN5O2S/c1-29-19-5-3-2-4-18(19)25-20(28)23-10-11-26-12-14-27(15-13-26)21(30)24-17-8-6-16(22)7-9-17/h2-9H,10-15H2,1H3,(H,24,30)(H2,23,25,28). The van der Waals surface area contributed by atoms with E-state index in [-0.39, 0.29) is 6.03 Å². The SMILES string of the molecule is COc1ccccc1NC(=O)NCCN1CCN(C(=S)Nc2ccc(Cl)cc2)CC1. The minimum atomic E-state index is -0.244. The van der Waals surface area contributed by atoms with Crippen molar-refractivity contribution in [1.82, 2.24) is 15.1 Å². The summed E-state index contributed by atoms with van der Waals surface area (Å²) in [5.41, 5.74) is 1.57. The molecule has 160 valence electrons. The number of benzene rings is 2. The highest BCUT2D eigenvalue weighted by Crippen LogP contribution is 2.22. The van der Waals surface area contributed by atoms with E-state index in [0.717, 1.165) is 38.4 Å². The molecule has 0 bridgehead atoms. The quantitative estimate of drug-likeness (QED) is 0.589. The third-order valence-corrected chi connectivity index (χ3v) is 5.44. The number of nitrogens with zero attached hydrogens (tertiary/aromatic N) is 2. The zero-order chi connectivity index (χ0) is 21.3. The first kappa shape index (κ1) is 22.1. The van der Waals surface area contributed by atoms with Crippen LogP contribution in [0.15, 0.2) is 48.5 Å². The smallest absolute Gasteiger partial charge is 0.319 e. The lowest BCUT2D eigenvalue weighted by molar-refractivity contribution is 0.184. The van der Waals surface area contributed by atoms with Crippen LogP contribution >= 0.6 is 23.8 Å². The maximum absolute atomic E-state index is 12.1. The summed E-state index contributed by atoms with van der Waals surface area (Å²) < 4.78 is 5.24. The Balaban J connectivity index is 1.35. The summed E-state index contributed by atoms with van der Waals surface area (Å²) in [5.74, 6) is 0.631. The van der Waals surface area contributed by atoms with Crippen molar-refractivity contribution in [2.24, 2.45) is 0 Å². The molecular formula is C21H26ClN5O2S. The summed E-state index contributed by atoms with van der Waals surface area (Å²) in [4.78, 5) is 16.6. The number of amides is 2. The summed E-state index contributed by atoms with van der Waals surface area (Å²) in [7, 11) is 1.58. The van der Waals surface area contributed by atoms with Crippen molar-refractivity contribution in [2.75, 3.05) is 57.0 Å². The van der Waals surface area contributed by atoms with Gasteiger partial charge in [-0.15, -0.1) is 0 Å². The molecule has 1 aliphatic rings. The van der Waals surface area contributed by atoms with Crippen molar-refractivity contribution in [3.05, 3.63) is 53.6 Å². The maximum atomic E-state index is 12.1. The minimum absolute atomic E-state index is 0.244. The Labute approximate surface area is 187 Å². The first-order valence-corrected chi connectivity index (χ1v) is 10.6. The molecule has 1 aliphatic heterocycles. The van der Waals surface area contributed by atoms with Crippen LogP contribution in [0.4, 0.5) is 16.2 Å². The van der Waals surface area contributed by atoms with Crippen LogP contribution in [0.2, 0.25) is 5.02 Å². The predicted octanol–water partition coefficient (Wildman–Crippen LogP) is 3.48. The molecule has 2 amide bonds. The number of anilines is 2. The van der Waals surface area contributed by atoms with Gasteiger partial charge in [0.25, 0.3) is 0 Å². The van der Waals surface area contributed by atoms with Crippen LogP contribution in [0.25, 0.3) is 0 Å². The van der Waals surface area contributed by atoms with Gasteiger partial charge in [0.15, 0.2) is 5.11 Å². The largest absolute Gasteiger partial charge is 0.495 e. The number of rotatable bonds is 6. The van der Waals surface area contributed by atoms with E-state index >= 15 is 0 Å². The van der Waals surface area contributed by atoms with Crippen LogP contribution in [-0.4, -0.2) is 67.3 Å². The van der Waals surface area contributed by atoms with E-state index in [2.05, 4.69) is 25.8 Å². The van der Waals surface area contributed by atoms with Crippen LogP contribution < -0.4 is 20.7 Å². The van der Waals surface area contributed by atoms with E-state index in [1.165, 1.54) is 0 Å². The normalized spacial score (nSPS) is 14.1. The van der Waals surface area contributed by atoms with Crippen molar-refractivity contribution >= 4 is 46.3 Å². The average Bonchev–Trinajstić information content (AvgIpc) is 2.76. The monoisotopic (exact) mass is 447 g/mol. The average molecular weight is 448 g/mol. The molecule has 1 fully saturated rings. The molecule has 0 aromatic heterocycles. The second kappa shape index (κ2) is 11.0. The lowest BCUT2D eigenvalue weighted by Crippen LogP contribution is -2.51. The fourth-order valence-corrected chi connectivity index (χ4v) is 3.58. The molecule has 0 saturated carbocycles. The molecule has 0 radical (unpaired) electrons. The molecule has 3 N–H and O–H groups in total. The number of ether oxygens (including phenoxy) is 1. The van der Waals surface area contributed by atoms with Crippen molar-refractivity contribution < 1.29 is 9.53 Å². The highest BCUT2D eigenvalue weighted by Gasteiger charge is 2.19. The predicted molar refractivity (Wildman–Crippen MR) is 126 cm³/mol. The minimum Gasteiger partial charge on any atom is -0.495 e. The number of urea groups is 1. The number of hydrogen-bond donors (Lipinski definition) is 3. The number of carbonyl (C=O) groups excluding carboxylic acids is 1. The van der Waals surface area contributed by atoms with Gasteiger partial charge >= 0.3 is 6.03 Å². The Morgan fingerprint density at radius 2 is 1.77 bits per heavy atom. The molecule has 0 unspecified atom stereocenters. The highest BCUT2D eigenvalue weighted by molar-refractivity contribution is 7.80. The van der Waals surface area contributed by atoms with Crippen molar-refractivity contribution in [2.45, 2.75) is 0 Å². The zero-order valence-corrected chi connectivity index (χ0v) is 18.4. The van der Waals surface area contributed by atoms with E-state index < -0.39 is 0 Å². The van der Waals surface area contributed by atoms with E-state index in [9.17, 15) is 4.79 Å². The molecule has 9 heteroatoms. The molecule has 0 aliphatic carbocycles. The zero-order valence-electron chi connectivity index (χ0n) is 16.9.